The van der Waals surface area contributed by atoms with Crippen LogP contribution in [0.4, 0.5) is 0 Å². The predicted octanol–water partition coefficient (Wildman–Crippen LogP) is 2.89. The summed E-state index contributed by atoms with van der Waals surface area (Å²) in [5.41, 5.74) is 2.44. The van der Waals surface area contributed by atoms with Crippen molar-refractivity contribution in [2.24, 2.45) is 0 Å². The van der Waals surface area contributed by atoms with E-state index in [1.807, 2.05) is 4.90 Å². The van der Waals surface area contributed by atoms with Crippen LogP contribution >= 0.6 is 0 Å². The van der Waals surface area contributed by atoms with Crippen molar-refractivity contribution in [3.63, 3.8) is 0 Å². The van der Waals surface area contributed by atoms with Crippen molar-refractivity contribution in [1.29, 1.82) is 0 Å². The van der Waals surface area contributed by atoms with E-state index in [4.69, 9.17) is 9.47 Å². The topological polar surface area (TPSA) is 46.9 Å². The van der Waals surface area contributed by atoms with Crippen LogP contribution < -0.4 is 0 Å². The molecule has 0 radical (unpaired) electrons. The number of para-hydroxylation sites is 1. The summed E-state index contributed by atoms with van der Waals surface area (Å²) in [5, 5.41) is 1.25. The van der Waals surface area contributed by atoms with Crippen LogP contribution in [-0.2, 0) is 27.4 Å². The Balaban J connectivity index is 1.47. The number of rotatable bonds is 7. The van der Waals surface area contributed by atoms with Gasteiger partial charge in [0, 0.05) is 49.9 Å². The molecule has 0 aliphatic carbocycles. The fourth-order valence-corrected chi connectivity index (χ4v) is 4.46. The molecular weight excluding hydrogens is 366 g/mol. The highest BCUT2D eigenvalue weighted by Gasteiger charge is 2.23. The molecule has 158 valence electrons. The highest BCUT2D eigenvalue weighted by Crippen LogP contribution is 2.25. The molecule has 2 aromatic rings. The van der Waals surface area contributed by atoms with Crippen molar-refractivity contribution < 1.29 is 14.3 Å². The average Bonchev–Trinajstić information content (AvgIpc) is 3.10. The van der Waals surface area contributed by atoms with Gasteiger partial charge in [-0.25, -0.2) is 0 Å². The van der Waals surface area contributed by atoms with E-state index in [1.165, 1.54) is 17.4 Å². The summed E-state index contributed by atoms with van der Waals surface area (Å²) in [6, 6.07) is 8.44. The molecule has 1 amide bonds. The molecule has 0 N–H and O–H groups in total. The van der Waals surface area contributed by atoms with Crippen LogP contribution in [0.5, 0.6) is 0 Å². The van der Waals surface area contributed by atoms with Crippen molar-refractivity contribution >= 4 is 16.8 Å². The van der Waals surface area contributed by atoms with E-state index in [0.29, 0.717) is 39.0 Å². The Morgan fingerprint density at radius 1 is 1.21 bits per heavy atom. The number of fused-ring (bicyclic) bond motifs is 1. The lowest BCUT2D eigenvalue weighted by molar-refractivity contribution is -0.135. The zero-order valence-corrected chi connectivity index (χ0v) is 17.5. The lowest BCUT2D eigenvalue weighted by atomic mass is 10.1. The highest BCUT2D eigenvalue weighted by atomic mass is 16.5. The number of nitrogens with zero attached hydrogens (tertiary/aromatic N) is 3. The Morgan fingerprint density at radius 2 is 2.03 bits per heavy atom. The van der Waals surface area contributed by atoms with Gasteiger partial charge in [-0.15, -0.1) is 0 Å². The third-order valence-corrected chi connectivity index (χ3v) is 5.95. The van der Waals surface area contributed by atoms with E-state index in [2.05, 4.69) is 46.9 Å². The summed E-state index contributed by atoms with van der Waals surface area (Å²) in [4.78, 5) is 17.2. The minimum absolute atomic E-state index is 0.173. The smallest absolute Gasteiger partial charge is 0.242 e. The van der Waals surface area contributed by atoms with E-state index in [-0.39, 0.29) is 5.91 Å². The minimum atomic E-state index is 0.173. The molecular formula is C23H33N3O3. The molecule has 1 unspecified atom stereocenters. The van der Waals surface area contributed by atoms with E-state index in [0.717, 1.165) is 44.6 Å². The lowest BCUT2D eigenvalue weighted by Crippen LogP contribution is -2.42. The molecule has 0 saturated carbocycles. The largest absolute Gasteiger partial charge is 0.378 e. The summed E-state index contributed by atoms with van der Waals surface area (Å²) in [6.45, 7) is 9.07. The molecule has 2 aliphatic heterocycles. The van der Waals surface area contributed by atoms with Crippen molar-refractivity contribution in [3.05, 3.63) is 36.0 Å². The monoisotopic (exact) mass is 399 g/mol. The van der Waals surface area contributed by atoms with Gasteiger partial charge in [-0.2, -0.15) is 0 Å². The molecule has 1 aromatic carbocycles. The second-order valence-corrected chi connectivity index (χ2v) is 8.16. The summed E-state index contributed by atoms with van der Waals surface area (Å²) in [7, 11) is 0. The second kappa shape index (κ2) is 9.74. The first-order valence-electron chi connectivity index (χ1n) is 11.0. The number of benzene rings is 1. The molecule has 0 spiro atoms. The lowest BCUT2D eigenvalue weighted by Gasteiger charge is -2.32. The number of ether oxygens (including phenoxy) is 2. The van der Waals surface area contributed by atoms with Crippen molar-refractivity contribution in [1.82, 2.24) is 14.4 Å². The molecule has 0 bridgehead atoms. The summed E-state index contributed by atoms with van der Waals surface area (Å²) in [5.74, 6) is 0.173. The predicted molar refractivity (Wildman–Crippen MR) is 114 cm³/mol. The maximum absolute atomic E-state index is 12.8. The van der Waals surface area contributed by atoms with E-state index in [9.17, 15) is 4.79 Å². The normalized spacial score (nSPS) is 21.0. The maximum atomic E-state index is 12.8. The van der Waals surface area contributed by atoms with E-state index < -0.39 is 0 Å². The molecule has 29 heavy (non-hydrogen) atoms. The Hall–Kier alpha value is -1.89. The first-order valence-corrected chi connectivity index (χ1v) is 11.0. The number of aromatic nitrogens is 1. The van der Waals surface area contributed by atoms with Gasteiger partial charge in [0.25, 0.3) is 0 Å². The summed E-state index contributed by atoms with van der Waals surface area (Å²) in [6.07, 6.45) is 5.94. The number of likely N-dealkylation sites (tertiary alicyclic amines) is 1. The Bertz CT molecular complexity index is 813. The summed E-state index contributed by atoms with van der Waals surface area (Å²) < 4.78 is 13.5. The van der Waals surface area contributed by atoms with Crippen LogP contribution in [0.15, 0.2) is 30.5 Å². The van der Waals surface area contributed by atoms with Crippen LogP contribution in [-0.4, -0.2) is 72.4 Å². The van der Waals surface area contributed by atoms with Gasteiger partial charge in [0.15, 0.2) is 0 Å². The SMILES string of the molecule is CCCOC1CCCN(Cc2cn(CC(=O)N3CCOCC3)c3ccccc23)C1. The van der Waals surface area contributed by atoms with Gasteiger partial charge >= 0.3 is 0 Å². The number of piperidine rings is 1. The Labute approximate surface area is 173 Å². The molecule has 3 heterocycles. The van der Waals surface area contributed by atoms with Crippen LogP contribution in [0.1, 0.15) is 31.7 Å². The van der Waals surface area contributed by atoms with Gasteiger partial charge < -0.3 is 18.9 Å². The Morgan fingerprint density at radius 3 is 2.86 bits per heavy atom. The van der Waals surface area contributed by atoms with Crippen LogP contribution in [0, 0.1) is 0 Å². The molecule has 1 aromatic heterocycles. The minimum Gasteiger partial charge on any atom is -0.378 e. The van der Waals surface area contributed by atoms with Crippen molar-refractivity contribution in [2.45, 2.75) is 45.4 Å². The fourth-order valence-electron chi connectivity index (χ4n) is 4.46. The molecule has 4 rings (SSSR count). The summed E-state index contributed by atoms with van der Waals surface area (Å²) >= 11 is 0. The maximum Gasteiger partial charge on any atom is 0.242 e. The van der Waals surface area contributed by atoms with Crippen LogP contribution in [0.2, 0.25) is 0 Å². The first-order chi connectivity index (χ1) is 14.2. The molecule has 6 heteroatoms. The number of hydrogen-bond donors (Lipinski definition) is 0. The van der Waals surface area contributed by atoms with E-state index >= 15 is 0 Å². The Kier molecular flexibility index (Phi) is 6.85. The fraction of sp³-hybridized carbons (Fsp3) is 0.609. The van der Waals surface area contributed by atoms with Crippen LogP contribution in [0.3, 0.4) is 0 Å². The number of carbonyl (C=O) groups excluding carboxylic acids is 1. The molecule has 6 nitrogen and oxygen atoms in total. The van der Waals surface area contributed by atoms with Crippen molar-refractivity contribution in [3.8, 4) is 0 Å². The zero-order chi connectivity index (χ0) is 20.1. The first kappa shape index (κ1) is 20.4. The zero-order valence-electron chi connectivity index (χ0n) is 17.5. The number of morpholine rings is 1. The molecule has 2 fully saturated rings. The quantitative estimate of drug-likeness (QED) is 0.718. The van der Waals surface area contributed by atoms with Gasteiger partial charge in [0.2, 0.25) is 5.91 Å². The molecule has 2 aliphatic rings. The van der Waals surface area contributed by atoms with Gasteiger partial charge in [0.1, 0.15) is 6.54 Å². The highest BCUT2D eigenvalue weighted by molar-refractivity contribution is 5.86. The molecule has 1 atom stereocenters. The molecule has 2 saturated heterocycles. The number of amides is 1. The van der Waals surface area contributed by atoms with E-state index in [1.54, 1.807) is 0 Å². The number of carbonyl (C=O) groups is 1. The second-order valence-electron chi connectivity index (χ2n) is 8.16. The van der Waals surface area contributed by atoms with Crippen LogP contribution in [0.25, 0.3) is 10.9 Å². The number of hydrogen-bond acceptors (Lipinski definition) is 4. The van der Waals surface area contributed by atoms with Crippen molar-refractivity contribution in [2.75, 3.05) is 46.0 Å². The average molecular weight is 400 g/mol. The third-order valence-electron chi connectivity index (χ3n) is 5.95. The van der Waals surface area contributed by atoms with Gasteiger partial charge in [-0.3, -0.25) is 9.69 Å². The standard InChI is InChI=1S/C23H33N3O3/c1-2-12-29-20-6-5-9-24(17-20)15-19-16-26(22-8-4-3-7-21(19)22)18-23(27)25-10-13-28-14-11-25/h3-4,7-8,16,20H,2,5-6,9-15,17-18H2,1H3. The van der Waals surface area contributed by atoms with Gasteiger partial charge in [-0.05, 0) is 37.4 Å². The third kappa shape index (κ3) is 5.00. The van der Waals surface area contributed by atoms with Gasteiger partial charge in [0.05, 0.1) is 19.3 Å². The van der Waals surface area contributed by atoms with Gasteiger partial charge in [-0.1, -0.05) is 25.1 Å².